The van der Waals surface area contributed by atoms with Gasteiger partial charge < -0.3 is 20.3 Å². The quantitative estimate of drug-likeness (QED) is 0.517. The first-order valence-corrected chi connectivity index (χ1v) is 14.1. The van der Waals surface area contributed by atoms with Crippen LogP contribution in [0.4, 0.5) is 10.1 Å². The molecule has 1 saturated carbocycles. The smallest absolute Gasteiger partial charge is 0.287 e. The fourth-order valence-corrected chi connectivity index (χ4v) is 6.41. The minimum absolute atomic E-state index is 0.0470. The molecule has 0 bridgehead atoms. The molecular formula is C28H39ClFN5O2. The van der Waals surface area contributed by atoms with Crippen LogP contribution in [0.3, 0.4) is 0 Å². The summed E-state index contributed by atoms with van der Waals surface area (Å²) in [5.74, 6) is 0.724. The topological polar surface area (TPSA) is 71.4 Å². The van der Waals surface area contributed by atoms with Crippen LogP contribution in [0, 0.1) is 17.7 Å². The summed E-state index contributed by atoms with van der Waals surface area (Å²) in [6.45, 7) is 4.43. The first kappa shape index (κ1) is 26.6. The summed E-state index contributed by atoms with van der Waals surface area (Å²) < 4.78 is 20.7. The number of benzene rings is 1. The van der Waals surface area contributed by atoms with Gasteiger partial charge in [-0.2, -0.15) is 5.10 Å². The molecule has 37 heavy (non-hydrogen) atoms. The van der Waals surface area contributed by atoms with Gasteiger partial charge in [0.05, 0.1) is 24.5 Å². The highest BCUT2D eigenvalue weighted by Crippen LogP contribution is 2.34. The lowest BCUT2D eigenvalue weighted by atomic mass is 9.87. The molecule has 3 aliphatic rings. The van der Waals surface area contributed by atoms with Crippen molar-refractivity contribution in [2.75, 3.05) is 45.2 Å². The molecule has 0 radical (unpaired) electrons. The SMILES string of the molecule is CN1CC[C@@H](C(NC2CCC(n3ncc(NCC4CCCOC4)c(Cl)c3=O)CC2)c2ccc(F)cc2)C1. The molecule has 3 heterocycles. The summed E-state index contributed by atoms with van der Waals surface area (Å²) in [4.78, 5) is 15.4. The van der Waals surface area contributed by atoms with E-state index in [4.69, 9.17) is 16.3 Å². The Kier molecular flexibility index (Phi) is 8.80. The maximum absolute atomic E-state index is 13.6. The highest BCUT2D eigenvalue weighted by atomic mass is 35.5. The zero-order chi connectivity index (χ0) is 25.8. The maximum atomic E-state index is 13.6. The van der Waals surface area contributed by atoms with Crippen molar-refractivity contribution in [2.45, 2.75) is 63.1 Å². The summed E-state index contributed by atoms with van der Waals surface area (Å²) in [7, 11) is 2.16. The Balaban J connectivity index is 1.20. The largest absolute Gasteiger partial charge is 0.382 e. The second-order valence-corrected chi connectivity index (χ2v) is 11.5. The Morgan fingerprint density at radius 3 is 2.62 bits per heavy atom. The first-order chi connectivity index (χ1) is 18.0. The highest BCUT2D eigenvalue weighted by molar-refractivity contribution is 6.32. The van der Waals surface area contributed by atoms with E-state index in [9.17, 15) is 9.18 Å². The van der Waals surface area contributed by atoms with Gasteiger partial charge in [-0.25, -0.2) is 9.07 Å². The summed E-state index contributed by atoms with van der Waals surface area (Å²) in [6.07, 6.45) is 8.66. The molecule has 1 aromatic carbocycles. The summed E-state index contributed by atoms with van der Waals surface area (Å²) in [5, 5.41) is 11.9. The second kappa shape index (κ2) is 12.2. The molecule has 3 fully saturated rings. The Hall–Kier alpha value is -2.00. The zero-order valence-corrected chi connectivity index (χ0v) is 22.4. The van der Waals surface area contributed by atoms with Gasteiger partial charge in [0.25, 0.3) is 5.56 Å². The summed E-state index contributed by atoms with van der Waals surface area (Å²) in [5.41, 5.74) is 1.53. The van der Waals surface area contributed by atoms with Crippen LogP contribution < -0.4 is 16.2 Å². The average Bonchev–Trinajstić information content (AvgIpc) is 3.36. The van der Waals surface area contributed by atoms with Gasteiger partial charge in [-0.15, -0.1) is 0 Å². The van der Waals surface area contributed by atoms with Crippen molar-refractivity contribution >= 4 is 17.3 Å². The van der Waals surface area contributed by atoms with Crippen molar-refractivity contribution in [3.8, 4) is 0 Å². The molecule has 2 unspecified atom stereocenters. The van der Waals surface area contributed by atoms with E-state index in [0.29, 0.717) is 23.6 Å². The fourth-order valence-electron chi connectivity index (χ4n) is 6.21. The maximum Gasteiger partial charge on any atom is 0.287 e. The van der Waals surface area contributed by atoms with Gasteiger partial charge >= 0.3 is 0 Å². The van der Waals surface area contributed by atoms with Crippen LogP contribution in [0.15, 0.2) is 35.3 Å². The van der Waals surface area contributed by atoms with Crippen LogP contribution in [0.1, 0.15) is 62.6 Å². The van der Waals surface area contributed by atoms with E-state index in [-0.39, 0.29) is 28.5 Å². The van der Waals surface area contributed by atoms with Crippen LogP contribution in [0.25, 0.3) is 0 Å². The first-order valence-electron chi connectivity index (χ1n) is 13.8. The zero-order valence-electron chi connectivity index (χ0n) is 21.7. The van der Waals surface area contributed by atoms with Gasteiger partial charge in [-0.1, -0.05) is 23.7 Å². The van der Waals surface area contributed by atoms with Crippen LogP contribution >= 0.6 is 11.6 Å². The number of rotatable bonds is 8. The number of aromatic nitrogens is 2. The molecule has 9 heteroatoms. The lowest BCUT2D eigenvalue weighted by Gasteiger charge is -2.35. The fraction of sp³-hybridized carbons (Fsp3) is 0.643. The monoisotopic (exact) mass is 531 g/mol. The molecular weight excluding hydrogens is 493 g/mol. The van der Waals surface area contributed by atoms with Crippen LogP contribution in [0.5, 0.6) is 0 Å². The van der Waals surface area contributed by atoms with Gasteiger partial charge in [0, 0.05) is 31.8 Å². The molecule has 1 aliphatic carbocycles. The number of anilines is 1. The van der Waals surface area contributed by atoms with Crippen molar-refractivity contribution < 1.29 is 9.13 Å². The number of nitrogens with zero attached hydrogens (tertiary/aromatic N) is 3. The Morgan fingerprint density at radius 1 is 1.16 bits per heavy atom. The normalized spacial score (nSPS) is 27.8. The van der Waals surface area contributed by atoms with Gasteiger partial charge in [-0.3, -0.25) is 4.79 Å². The number of halogens is 2. The number of likely N-dealkylation sites (tertiary alicyclic amines) is 1. The summed E-state index contributed by atoms with van der Waals surface area (Å²) in [6, 6.07) is 7.54. The van der Waals surface area contributed by atoms with Crippen LogP contribution in [-0.4, -0.2) is 60.6 Å². The van der Waals surface area contributed by atoms with Crippen molar-refractivity contribution in [2.24, 2.45) is 11.8 Å². The van der Waals surface area contributed by atoms with Crippen molar-refractivity contribution in [3.63, 3.8) is 0 Å². The lowest BCUT2D eigenvalue weighted by Crippen LogP contribution is -2.41. The number of hydrogen-bond donors (Lipinski definition) is 2. The predicted molar refractivity (Wildman–Crippen MR) is 145 cm³/mol. The molecule has 2 saturated heterocycles. The second-order valence-electron chi connectivity index (χ2n) is 11.1. The van der Waals surface area contributed by atoms with Crippen molar-refractivity contribution in [1.29, 1.82) is 0 Å². The molecule has 3 atom stereocenters. The van der Waals surface area contributed by atoms with E-state index in [1.165, 1.54) is 0 Å². The van der Waals surface area contributed by atoms with Gasteiger partial charge in [0.1, 0.15) is 10.8 Å². The van der Waals surface area contributed by atoms with E-state index in [1.54, 1.807) is 23.0 Å². The standard InChI is InChI=1S/C28H39ClFN5O2/c1-34-13-12-21(17-34)27(20-4-6-22(30)7-5-20)33-23-8-10-24(11-9-23)35-28(36)26(29)25(16-32-35)31-15-19-3-2-14-37-18-19/h4-7,16,19,21,23-24,27,31,33H,2-3,8-15,17-18H2,1H3/t19?,21-,23?,24?,27?/m1/s1. The van der Waals surface area contributed by atoms with Crippen LogP contribution in [0.2, 0.25) is 5.02 Å². The minimum atomic E-state index is -0.221. The van der Waals surface area contributed by atoms with E-state index in [0.717, 1.165) is 83.4 Å². The highest BCUT2D eigenvalue weighted by Gasteiger charge is 2.32. The third-order valence-electron chi connectivity index (χ3n) is 8.37. The predicted octanol–water partition coefficient (Wildman–Crippen LogP) is 4.64. The third kappa shape index (κ3) is 6.53. The van der Waals surface area contributed by atoms with Gasteiger partial charge in [0.2, 0.25) is 0 Å². The molecule has 1 aromatic heterocycles. The van der Waals surface area contributed by atoms with E-state index in [1.807, 2.05) is 12.1 Å². The molecule has 0 amide bonds. The Bertz CT molecular complexity index is 1080. The Labute approximate surface area is 223 Å². The van der Waals surface area contributed by atoms with Crippen LogP contribution in [-0.2, 0) is 4.74 Å². The van der Waals surface area contributed by atoms with Gasteiger partial charge in [-0.05, 0) is 88.1 Å². The number of hydrogen-bond acceptors (Lipinski definition) is 6. The molecule has 5 rings (SSSR count). The minimum Gasteiger partial charge on any atom is -0.382 e. The molecule has 202 valence electrons. The summed E-state index contributed by atoms with van der Waals surface area (Å²) >= 11 is 6.49. The van der Waals surface area contributed by atoms with Gasteiger partial charge in [0.15, 0.2) is 0 Å². The average molecular weight is 532 g/mol. The molecule has 7 nitrogen and oxygen atoms in total. The molecule has 2 N–H and O–H groups in total. The number of ether oxygens (including phenoxy) is 1. The molecule has 2 aromatic rings. The Morgan fingerprint density at radius 2 is 1.95 bits per heavy atom. The molecule has 2 aliphatic heterocycles. The van der Waals surface area contributed by atoms with Crippen molar-refractivity contribution in [3.05, 3.63) is 57.2 Å². The third-order valence-corrected chi connectivity index (χ3v) is 8.73. The van der Waals surface area contributed by atoms with Crippen molar-refractivity contribution in [1.82, 2.24) is 20.0 Å². The molecule has 0 spiro atoms. The van der Waals surface area contributed by atoms with E-state index < -0.39 is 0 Å². The number of nitrogens with one attached hydrogen (secondary N) is 2. The van der Waals surface area contributed by atoms with E-state index >= 15 is 0 Å². The van der Waals surface area contributed by atoms with E-state index in [2.05, 4.69) is 27.7 Å². The lowest BCUT2D eigenvalue weighted by molar-refractivity contribution is 0.0595.